The molecule has 6 heteroatoms. The van der Waals surface area contributed by atoms with Crippen molar-refractivity contribution < 1.29 is 14.1 Å². The van der Waals surface area contributed by atoms with E-state index in [9.17, 15) is 9.36 Å². The minimum atomic E-state index is -3.23. The molecule has 0 saturated carbocycles. The van der Waals surface area contributed by atoms with Crippen molar-refractivity contribution >= 4 is 35.2 Å². The van der Waals surface area contributed by atoms with E-state index in [1.807, 2.05) is 85.1 Å². The summed E-state index contributed by atoms with van der Waals surface area (Å²) in [6.45, 7) is 1.94. The van der Waals surface area contributed by atoms with Crippen molar-refractivity contribution in [2.75, 3.05) is 0 Å². The van der Waals surface area contributed by atoms with E-state index in [-0.39, 0.29) is 5.97 Å². The highest BCUT2D eigenvalue weighted by Gasteiger charge is 2.45. The normalized spacial score (nSPS) is 18.6. The maximum absolute atomic E-state index is 14.5. The van der Waals surface area contributed by atoms with Crippen molar-refractivity contribution in [1.82, 2.24) is 5.09 Å². The summed E-state index contributed by atoms with van der Waals surface area (Å²) in [5.74, 6) is -0.385. The van der Waals surface area contributed by atoms with E-state index in [2.05, 4.69) is 5.09 Å². The van der Waals surface area contributed by atoms with Crippen molar-refractivity contribution in [2.45, 2.75) is 18.6 Å². The smallest absolute Gasteiger partial charge is 0.331 e. The quantitative estimate of drug-likeness (QED) is 0.495. The molecule has 2 aromatic carbocycles. The van der Waals surface area contributed by atoms with Gasteiger partial charge in [0.25, 0.3) is 0 Å². The Kier molecular flexibility index (Phi) is 5.07. The van der Waals surface area contributed by atoms with Crippen LogP contribution in [0.4, 0.5) is 0 Å². The summed E-state index contributed by atoms with van der Waals surface area (Å²) in [5.41, 5.74) is -0.849. The zero-order valence-corrected chi connectivity index (χ0v) is 17.0. The second-order valence-corrected chi connectivity index (χ2v) is 10.2. The highest BCUT2D eigenvalue weighted by atomic mass is 32.1. The number of rotatable bonds is 6. The van der Waals surface area contributed by atoms with Crippen molar-refractivity contribution in [3.63, 3.8) is 0 Å². The van der Waals surface area contributed by atoms with Crippen LogP contribution in [-0.2, 0) is 19.6 Å². The van der Waals surface area contributed by atoms with Gasteiger partial charge in [0.05, 0.1) is 5.54 Å². The summed E-state index contributed by atoms with van der Waals surface area (Å²) in [4.78, 5) is 12.7. The Bertz CT molecular complexity index is 991. The molecule has 142 valence electrons. The average molecular weight is 409 g/mol. The van der Waals surface area contributed by atoms with E-state index < -0.39 is 18.9 Å². The van der Waals surface area contributed by atoms with Gasteiger partial charge in [0.1, 0.15) is 6.10 Å². The molecule has 0 amide bonds. The number of hydrogen-bond donors (Lipinski definition) is 1. The number of cyclic esters (lactones) is 1. The third-order valence-corrected chi connectivity index (χ3v) is 8.82. The molecule has 0 unspecified atom stereocenters. The Labute approximate surface area is 168 Å². The van der Waals surface area contributed by atoms with Crippen LogP contribution in [-0.4, -0.2) is 12.1 Å². The van der Waals surface area contributed by atoms with E-state index in [0.717, 1.165) is 4.88 Å². The number of carbonyl (C=O) groups excluding carboxylic acids is 1. The van der Waals surface area contributed by atoms with E-state index >= 15 is 0 Å². The Morgan fingerprint density at radius 3 is 2.04 bits per heavy atom. The third-order valence-electron chi connectivity index (χ3n) is 4.88. The fourth-order valence-corrected chi connectivity index (χ4v) is 6.98. The molecular weight excluding hydrogens is 389 g/mol. The average Bonchev–Trinajstić information content (AvgIpc) is 3.42. The van der Waals surface area contributed by atoms with E-state index in [1.165, 1.54) is 6.08 Å². The maximum Gasteiger partial charge on any atom is 0.331 e. The molecule has 3 aromatic rings. The molecule has 0 saturated heterocycles. The van der Waals surface area contributed by atoms with Crippen molar-refractivity contribution in [1.29, 1.82) is 0 Å². The van der Waals surface area contributed by atoms with Crippen molar-refractivity contribution in [3.05, 3.63) is 95.2 Å². The van der Waals surface area contributed by atoms with Crippen LogP contribution in [0.1, 0.15) is 11.8 Å². The van der Waals surface area contributed by atoms with Gasteiger partial charge in [-0.15, -0.1) is 11.3 Å². The second-order valence-electron chi connectivity index (χ2n) is 6.79. The number of benzene rings is 2. The lowest BCUT2D eigenvalue weighted by Crippen LogP contribution is -2.49. The Balaban J connectivity index is 1.85. The van der Waals surface area contributed by atoms with Crippen LogP contribution < -0.4 is 15.7 Å². The monoisotopic (exact) mass is 409 g/mol. The molecule has 1 aromatic heterocycles. The van der Waals surface area contributed by atoms with Crippen LogP contribution in [0, 0.1) is 0 Å². The molecule has 1 N–H and O–H groups in total. The molecule has 0 aliphatic carbocycles. The molecule has 4 rings (SSSR count). The van der Waals surface area contributed by atoms with Gasteiger partial charge in [-0.3, -0.25) is 4.57 Å². The molecule has 28 heavy (non-hydrogen) atoms. The number of hydrogen-bond acceptors (Lipinski definition) is 4. The first-order valence-electron chi connectivity index (χ1n) is 8.96. The van der Waals surface area contributed by atoms with Gasteiger partial charge in [-0.05, 0) is 48.7 Å². The van der Waals surface area contributed by atoms with Crippen molar-refractivity contribution in [3.8, 4) is 0 Å². The predicted octanol–water partition coefficient (Wildman–Crippen LogP) is 3.96. The van der Waals surface area contributed by atoms with Gasteiger partial charge in [0, 0.05) is 21.6 Å². The lowest BCUT2D eigenvalue weighted by molar-refractivity contribution is -0.141. The van der Waals surface area contributed by atoms with Crippen LogP contribution in [0.25, 0.3) is 0 Å². The van der Waals surface area contributed by atoms with E-state index in [1.54, 1.807) is 17.4 Å². The predicted molar refractivity (Wildman–Crippen MR) is 114 cm³/mol. The van der Waals surface area contributed by atoms with Crippen molar-refractivity contribution in [2.24, 2.45) is 0 Å². The van der Waals surface area contributed by atoms with Gasteiger partial charge < -0.3 is 4.74 Å². The maximum atomic E-state index is 14.5. The number of thiophene rings is 1. The summed E-state index contributed by atoms with van der Waals surface area (Å²) < 4.78 is 20.0. The highest BCUT2D eigenvalue weighted by Crippen LogP contribution is 2.46. The molecule has 0 spiro atoms. The SMILES string of the molecule is C[C@](NP(=O)(c1ccccc1)c1ccccc1)(c1cccs1)[C@H]1C=CC(=O)O1. The first kappa shape index (κ1) is 18.9. The minimum absolute atomic E-state index is 0.385. The number of nitrogens with one attached hydrogen (secondary N) is 1. The van der Waals surface area contributed by atoms with Gasteiger partial charge in [-0.1, -0.05) is 42.5 Å². The van der Waals surface area contributed by atoms with Crippen LogP contribution in [0.2, 0.25) is 0 Å². The second kappa shape index (κ2) is 7.51. The Morgan fingerprint density at radius 1 is 0.964 bits per heavy atom. The zero-order chi connectivity index (χ0) is 19.6. The third kappa shape index (κ3) is 3.37. The summed E-state index contributed by atoms with van der Waals surface area (Å²) in [5, 5.41) is 6.82. The minimum Gasteiger partial charge on any atom is -0.453 e. The van der Waals surface area contributed by atoms with Gasteiger partial charge in [-0.25, -0.2) is 9.88 Å². The summed E-state index contributed by atoms with van der Waals surface area (Å²) in [6.07, 6.45) is 2.60. The lowest BCUT2D eigenvalue weighted by Gasteiger charge is -2.37. The number of esters is 1. The standard InChI is InChI=1S/C22H20NO3PS/c1-22(20-13-8-16-28-20,19-14-15-21(24)26-19)23-27(25,17-9-4-2-5-10-17)18-11-6-3-7-12-18/h2-16,19H,1H3,(H,23,25)/t19-,22-/m1/s1. The van der Waals surface area contributed by atoms with E-state index in [4.69, 9.17) is 4.74 Å². The first-order valence-corrected chi connectivity index (χ1v) is 11.5. The van der Waals surface area contributed by atoms with Crippen LogP contribution in [0.15, 0.2) is 90.3 Å². The fourth-order valence-electron chi connectivity index (χ4n) is 3.39. The van der Waals surface area contributed by atoms with Crippen LogP contribution in [0.3, 0.4) is 0 Å². The molecule has 0 radical (unpaired) electrons. The molecule has 2 atom stereocenters. The Hall–Kier alpha value is -2.46. The topological polar surface area (TPSA) is 55.4 Å². The van der Waals surface area contributed by atoms with Gasteiger partial charge in [0.2, 0.25) is 7.29 Å². The molecule has 1 aliphatic heterocycles. The van der Waals surface area contributed by atoms with Crippen LogP contribution >= 0.6 is 18.6 Å². The highest BCUT2D eigenvalue weighted by molar-refractivity contribution is 7.77. The molecule has 4 nitrogen and oxygen atoms in total. The molecule has 0 fully saturated rings. The molecule has 0 bridgehead atoms. The number of ether oxygens (including phenoxy) is 1. The van der Waals surface area contributed by atoms with Crippen LogP contribution in [0.5, 0.6) is 0 Å². The Morgan fingerprint density at radius 2 is 1.57 bits per heavy atom. The molecule has 1 aliphatic rings. The summed E-state index contributed by atoms with van der Waals surface area (Å²) in [6, 6.07) is 22.7. The molecule has 2 heterocycles. The van der Waals surface area contributed by atoms with Gasteiger partial charge in [-0.2, -0.15) is 0 Å². The lowest BCUT2D eigenvalue weighted by atomic mass is 9.94. The molecular formula is C22H20NO3PS. The van der Waals surface area contributed by atoms with Gasteiger partial charge >= 0.3 is 5.97 Å². The zero-order valence-electron chi connectivity index (χ0n) is 15.3. The fraction of sp³-hybridized carbons (Fsp3) is 0.136. The first-order chi connectivity index (χ1) is 13.5. The number of carbonyl (C=O) groups is 1. The van der Waals surface area contributed by atoms with E-state index in [0.29, 0.717) is 10.6 Å². The summed E-state index contributed by atoms with van der Waals surface area (Å²) in [7, 11) is -3.23. The van der Waals surface area contributed by atoms with Gasteiger partial charge in [0.15, 0.2) is 0 Å². The largest absolute Gasteiger partial charge is 0.453 e. The summed E-state index contributed by atoms with van der Waals surface area (Å²) >= 11 is 1.54.